The third-order valence-electron chi connectivity index (χ3n) is 3.85. The molecule has 2 rings (SSSR count). The lowest BCUT2D eigenvalue weighted by Crippen LogP contribution is -2.22. The van der Waals surface area contributed by atoms with E-state index in [0.29, 0.717) is 12.1 Å². The van der Waals surface area contributed by atoms with E-state index in [1.54, 1.807) is 30.7 Å². The van der Waals surface area contributed by atoms with Crippen LogP contribution in [0, 0.1) is 13.8 Å². The van der Waals surface area contributed by atoms with E-state index in [2.05, 4.69) is 0 Å². The molecule has 5 heteroatoms. The lowest BCUT2D eigenvalue weighted by Gasteiger charge is -2.12. The average Bonchev–Trinajstić information content (AvgIpc) is 2.65. The molecule has 0 unspecified atom stereocenters. The molecular formula is C16H21N3O2. The van der Waals surface area contributed by atoms with E-state index in [1.165, 1.54) is 0 Å². The summed E-state index contributed by atoms with van der Waals surface area (Å²) in [6.45, 7) is 4.40. The largest absolute Gasteiger partial charge is 0.345 e. The Bertz CT molecular complexity index is 721. The van der Waals surface area contributed by atoms with Crippen LogP contribution in [-0.4, -0.2) is 34.3 Å². The lowest BCUT2D eigenvalue weighted by molar-refractivity contribution is 0.0827. The molecule has 0 aliphatic carbocycles. The van der Waals surface area contributed by atoms with Crippen LogP contribution in [0.1, 0.15) is 27.2 Å². The maximum Gasteiger partial charge on any atom is 0.269 e. The van der Waals surface area contributed by atoms with Gasteiger partial charge in [0.15, 0.2) is 0 Å². The highest BCUT2D eigenvalue weighted by Gasteiger charge is 2.11. The number of hydrogen-bond acceptors (Lipinski definition) is 2. The van der Waals surface area contributed by atoms with Gasteiger partial charge in [0.25, 0.3) is 11.5 Å². The first kappa shape index (κ1) is 15.1. The van der Waals surface area contributed by atoms with Gasteiger partial charge in [0.1, 0.15) is 0 Å². The predicted molar refractivity (Wildman–Crippen MR) is 82.7 cm³/mol. The topological polar surface area (TPSA) is 47.2 Å². The first-order valence-electron chi connectivity index (χ1n) is 6.86. The summed E-state index contributed by atoms with van der Waals surface area (Å²) < 4.78 is 3.57. The number of hydrogen-bond donors (Lipinski definition) is 0. The van der Waals surface area contributed by atoms with Crippen molar-refractivity contribution in [3.8, 4) is 0 Å². The molecule has 0 radical (unpaired) electrons. The summed E-state index contributed by atoms with van der Waals surface area (Å²) in [6, 6.07) is 7.49. The van der Waals surface area contributed by atoms with Crippen molar-refractivity contribution in [1.29, 1.82) is 0 Å². The van der Waals surface area contributed by atoms with Gasteiger partial charge in [0.05, 0.1) is 6.54 Å². The van der Waals surface area contributed by atoms with E-state index in [-0.39, 0.29) is 11.5 Å². The fourth-order valence-electron chi connectivity index (χ4n) is 2.33. The Hall–Kier alpha value is -2.30. The van der Waals surface area contributed by atoms with Crippen molar-refractivity contribution in [2.24, 2.45) is 7.05 Å². The highest BCUT2D eigenvalue weighted by Crippen LogP contribution is 2.10. The zero-order chi connectivity index (χ0) is 15.7. The number of carbonyl (C=O) groups excluding carboxylic acids is 1. The SMILES string of the molecule is Cc1c(C)n(Cc2ccc(C(=O)N(C)C)cc2)n(C)c1=O. The number of carbonyl (C=O) groups is 1. The van der Waals surface area contributed by atoms with Crippen LogP contribution >= 0.6 is 0 Å². The predicted octanol–water partition coefficient (Wildman–Crippen LogP) is 1.55. The van der Waals surface area contributed by atoms with Gasteiger partial charge in [0.2, 0.25) is 0 Å². The summed E-state index contributed by atoms with van der Waals surface area (Å²) in [4.78, 5) is 25.3. The monoisotopic (exact) mass is 287 g/mol. The maximum absolute atomic E-state index is 11.9. The zero-order valence-electron chi connectivity index (χ0n) is 13.2. The second-order valence-corrected chi connectivity index (χ2v) is 5.49. The Labute approximate surface area is 124 Å². The third-order valence-corrected chi connectivity index (χ3v) is 3.85. The molecule has 0 spiro atoms. The summed E-state index contributed by atoms with van der Waals surface area (Å²) in [6.07, 6.45) is 0. The Morgan fingerprint density at radius 3 is 2.14 bits per heavy atom. The number of benzene rings is 1. The van der Waals surface area contributed by atoms with Crippen molar-refractivity contribution in [2.45, 2.75) is 20.4 Å². The Kier molecular flexibility index (Phi) is 4.02. The summed E-state index contributed by atoms with van der Waals surface area (Å²) in [5, 5.41) is 0. The third kappa shape index (κ3) is 2.77. The Balaban J connectivity index is 2.28. The van der Waals surface area contributed by atoms with E-state index in [0.717, 1.165) is 16.8 Å². The van der Waals surface area contributed by atoms with Crippen molar-refractivity contribution in [1.82, 2.24) is 14.3 Å². The second-order valence-electron chi connectivity index (χ2n) is 5.49. The molecular weight excluding hydrogens is 266 g/mol. The van der Waals surface area contributed by atoms with Crippen LogP contribution in [0.4, 0.5) is 0 Å². The van der Waals surface area contributed by atoms with Crippen LogP contribution in [0.5, 0.6) is 0 Å². The van der Waals surface area contributed by atoms with Crippen molar-refractivity contribution in [3.05, 3.63) is 57.0 Å². The number of aromatic nitrogens is 2. The van der Waals surface area contributed by atoms with Crippen LogP contribution in [0.25, 0.3) is 0 Å². The number of amides is 1. The molecule has 0 atom stereocenters. The fourth-order valence-corrected chi connectivity index (χ4v) is 2.33. The summed E-state index contributed by atoms with van der Waals surface area (Å²) in [5.41, 5.74) is 3.50. The van der Waals surface area contributed by atoms with Gasteiger partial charge in [-0.15, -0.1) is 0 Å². The van der Waals surface area contributed by atoms with Crippen LogP contribution < -0.4 is 5.56 Å². The molecule has 1 amide bonds. The molecule has 0 saturated carbocycles. The van der Waals surface area contributed by atoms with Gasteiger partial charge in [-0.25, -0.2) is 0 Å². The summed E-state index contributed by atoms with van der Waals surface area (Å²) in [7, 11) is 5.24. The minimum Gasteiger partial charge on any atom is -0.345 e. The van der Waals surface area contributed by atoms with Crippen molar-refractivity contribution < 1.29 is 4.79 Å². The van der Waals surface area contributed by atoms with Gasteiger partial charge in [-0.3, -0.25) is 19.0 Å². The van der Waals surface area contributed by atoms with E-state index < -0.39 is 0 Å². The van der Waals surface area contributed by atoms with Crippen LogP contribution in [0.2, 0.25) is 0 Å². The smallest absolute Gasteiger partial charge is 0.269 e. The molecule has 1 aromatic heterocycles. The molecule has 0 N–H and O–H groups in total. The molecule has 5 nitrogen and oxygen atoms in total. The average molecular weight is 287 g/mol. The first-order valence-corrected chi connectivity index (χ1v) is 6.86. The first-order chi connectivity index (χ1) is 9.82. The Morgan fingerprint density at radius 1 is 1.14 bits per heavy atom. The normalized spacial score (nSPS) is 10.7. The van der Waals surface area contributed by atoms with Gasteiger partial charge in [-0.05, 0) is 31.5 Å². The second kappa shape index (κ2) is 5.60. The molecule has 0 saturated heterocycles. The summed E-state index contributed by atoms with van der Waals surface area (Å²) >= 11 is 0. The highest BCUT2D eigenvalue weighted by molar-refractivity contribution is 5.93. The van der Waals surface area contributed by atoms with E-state index in [4.69, 9.17) is 0 Å². The maximum atomic E-state index is 11.9. The van der Waals surface area contributed by atoms with Crippen LogP contribution in [-0.2, 0) is 13.6 Å². The molecule has 21 heavy (non-hydrogen) atoms. The van der Waals surface area contributed by atoms with Crippen LogP contribution in [0.3, 0.4) is 0 Å². The van der Waals surface area contributed by atoms with Gasteiger partial charge < -0.3 is 4.90 Å². The molecule has 0 bridgehead atoms. The van der Waals surface area contributed by atoms with Crippen LogP contribution in [0.15, 0.2) is 29.1 Å². The fraction of sp³-hybridized carbons (Fsp3) is 0.375. The molecule has 1 aromatic carbocycles. The lowest BCUT2D eigenvalue weighted by atomic mass is 10.1. The summed E-state index contributed by atoms with van der Waals surface area (Å²) in [5.74, 6) is -0.0121. The number of nitrogens with zero attached hydrogens (tertiary/aromatic N) is 3. The molecule has 2 aromatic rings. The van der Waals surface area contributed by atoms with Crippen molar-refractivity contribution in [2.75, 3.05) is 14.1 Å². The van der Waals surface area contributed by atoms with Gasteiger partial charge in [0, 0.05) is 38.0 Å². The molecule has 0 aliphatic heterocycles. The highest BCUT2D eigenvalue weighted by atomic mass is 16.2. The molecule has 0 aliphatic rings. The van der Waals surface area contributed by atoms with E-state index in [9.17, 15) is 9.59 Å². The van der Waals surface area contributed by atoms with Gasteiger partial charge in [-0.2, -0.15) is 0 Å². The van der Waals surface area contributed by atoms with Gasteiger partial charge >= 0.3 is 0 Å². The van der Waals surface area contributed by atoms with Crippen molar-refractivity contribution >= 4 is 5.91 Å². The minimum absolute atomic E-state index is 0.0121. The quantitative estimate of drug-likeness (QED) is 0.860. The number of rotatable bonds is 3. The molecule has 112 valence electrons. The molecule has 0 fully saturated rings. The minimum atomic E-state index is -0.0121. The standard InChI is InChI=1S/C16H21N3O2/c1-11-12(2)19(18(5)15(11)20)10-13-6-8-14(9-7-13)16(21)17(3)4/h6-9H,10H2,1-5H3. The Morgan fingerprint density at radius 2 is 1.71 bits per heavy atom. The van der Waals surface area contributed by atoms with Crippen molar-refractivity contribution in [3.63, 3.8) is 0 Å². The van der Waals surface area contributed by atoms with Gasteiger partial charge in [-0.1, -0.05) is 12.1 Å². The molecule has 1 heterocycles. The van der Waals surface area contributed by atoms with E-state index >= 15 is 0 Å². The zero-order valence-corrected chi connectivity index (χ0v) is 13.2. The van der Waals surface area contributed by atoms with E-state index in [1.807, 2.05) is 42.8 Å².